The van der Waals surface area contributed by atoms with Crippen LogP contribution in [0.2, 0.25) is 0 Å². The van der Waals surface area contributed by atoms with Crippen molar-refractivity contribution in [3.05, 3.63) is 0 Å². The lowest BCUT2D eigenvalue weighted by Crippen LogP contribution is -2.46. The summed E-state index contributed by atoms with van der Waals surface area (Å²) in [6.07, 6.45) is 4.50. The molecule has 2 heteroatoms. The molecule has 2 nitrogen and oxygen atoms in total. The van der Waals surface area contributed by atoms with Crippen molar-refractivity contribution in [3.63, 3.8) is 0 Å². The Balaban J connectivity index is 2.48. The highest BCUT2D eigenvalue weighted by atomic mass is 16.1. The van der Waals surface area contributed by atoms with Gasteiger partial charge in [0.15, 0.2) is 0 Å². The predicted octanol–water partition coefficient (Wildman–Crippen LogP) is 2.23. The number of ketones is 1. The molecule has 76 valence electrons. The predicted molar refractivity (Wildman–Crippen MR) is 54.8 cm³/mol. The van der Waals surface area contributed by atoms with Gasteiger partial charge in [-0.15, -0.1) is 0 Å². The molecule has 0 amide bonds. The van der Waals surface area contributed by atoms with Crippen molar-refractivity contribution in [3.8, 4) is 0 Å². The van der Waals surface area contributed by atoms with Gasteiger partial charge in [0, 0.05) is 18.5 Å². The molecule has 0 spiro atoms. The number of hydrogen-bond donors (Lipinski definition) is 0. The van der Waals surface area contributed by atoms with Gasteiger partial charge in [0.05, 0.1) is 6.54 Å². The van der Waals surface area contributed by atoms with Crippen LogP contribution in [0.25, 0.3) is 0 Å². The fraction of sp³-hybridized carbons (Fsp3) is 0.909. The number of Topliss-reactive ketones (excluding diaryl/α,β-unsaturated/α-hetero) is 1. The van der Waals surface area contributed by atoms with Gasteiger partial charge in [-0.25, -0.2) is 0 Å². The Labute approximate surface area is 81.3 Å². The van der Waals surface area contributed by atoms with Crippen molar-refractivity contribution in [1.29, 1.82) is 0 Å². The molecule has 0 aromatic carbocycles. The lowest BCUT2D eigenvalue weighted by atomic mass is 9.97. The van der Waals surface area contributed by atoms with Crippen LogP contribution < -0.4 is 0 Å². The van der Waals surface area contributed by atoms with E-state index in [1.807, 2.05) is 6.92 Å². The van der Waals surface area contributed by atoms with Crippen molar-refractivity contribution in [2.24, 2.45) is 0 Å². The molecule has 0 N–H and O–H groups in total. The molecule has 1 aliphatic heterocycles. The van der Waals surface area contributed by atoms with E-state index in [4.69, 9.17) is 0 Å². The first kappa shape index (κ1) is 10.7. The highest BCUT2D eigenvalue weighted by Crippen LogP contribution is 2.21. The third kappa shape index (κ3) is 2.80. The Hall–Kier alpha value is -0.370. The molecule has 0 aliphatic carbocycles. The van der Waals surface area contributed by atoms with E-state index < -0.39 is 0 Å². The molecule has 1 heterocycles. The molecule has 0 saturated carbocycles. The molecule has 1 rings (SSSR count). The molecular formula is C11H21NO. The molecule has 1 aliphatic rings. The summed E-state index contributed by atoms with van der Waals surface area (Å²) in [7, 11) is 0. The normalized spacial score (nSPS) is 30.4. The number of hydrogen-bond acceptors (Lipinski definition) is 2. The SMILES string of the molecule is CCC(=O)CN1[C@H](C)CCC[C@@H]1C. The first-order valence-electron chi connectivity index (χ1n) is 5.42. The minimum Gasteiger partial charge on any atom is -0.298 e. The number of carbonyl (C=O) groups is 1. The zero-order chi connectivity index (χ0) is 9.84. The summed E-state index contributed by atoms with van der Waals surface area (Å²) in [5.41, 5.74) is 0. The van der Waals surface area contributed by atoms with Gasteiger partial charge in [-0.3, -0.25) is 9.69 Å². The van der Waals surface area contributed by atoms with E-state index in [1.165, 1.54) is 19.3 Å². The van der Waals surface area contributed by atoms with Crippen LogP contribution in [0.15, 0.2) is 0 Å². The molecule has 13 heavy (non-hydrogen) atoms. The van der Waals surface area contributed by atoms with Crippen LogP contribution in [0.3, 0.4) is 0 Å². The Morgan fingerprint density at radius 1 is 1.31 bits per heavy atom. The van der Waals surface area contributed by atoms with E-state index in [2.05, 4.69) is 18.7 Å². The van der Waals surface area contributed by atoms with Crippen LogP contribution in [0.4, 0.5) is 0 Å². The van der Waals surface area contributed by atoms with Gasteiger partial charge in [-0.1, -0.05) is 13.3 Å². The van der Waals surface area contributed by atoms with Gasteiger partial charge in [-0.2, -0.15) is 0 Å². The average molecular weight is 183 g/mol. The van der Waals surface area contributed by atoms with Gasteiger partial charge in [0.2, 0.25) is 0 Å². The maximum atomic E-state index is 11.3. The summed E-state index contributed by atoms with van der Waals surface area (Å²) in [5, 5.41) is 0. The Kier molecular flexibility index (Phi) is 3.91. The van der Waals surface area contributed by atoms with Gasteiger partial charge >= 0.3 is 0 Å². The van der Waals surface area contributed by atoms with Crippen molar-refractivity contribution in [1.82, 2.24) is 4.90 Å². The summed E-state index contributed by atoms with van der Waals surface area (Å²) in [4.78, 5) is 13.7. The largest absolute Gasteiger partial charge is 0.298 e. The molecule has 0 unspecified atom stereocenters. The Morgan fingerprint density at radius 2 is 1.85 bits per heavy atom. The molecule has 0 radical (unpaired) electrons. The summed E-state index contributed by atoms with van der Waals surface area (Å²) < 4.78 is 0. The summed E-state index contributed by atoms with van der Waals surface area (Å²) in [6, 6.07) is 1.19. The van der Waals surface area contributed by atoms with Crippen LogP contribution in [0.1, 0.15) is 46.5 Å². The van der Waals surface area contributed by atoms with E-state index in [0.717, 1.165) is 0 Å². The van der Waals surface area contributed by atoms with Crippen molar-refractivity contribution < 1.29 is 4.79 Å². The number of nitrogens with zero attached hydrogens (tertiary/aromatic N) is 1. The van der Waals surface area contributed by atoms with Crippen molar-refractivity contribution in [2.45, 2.75) is 58.5 Å². The molecule has 2 atom stereocenters. The maximum absolute atomic E-state index is 11.3. The monoisotopic (exact) mass is 183 g/mol. The second kappa shape index (κ2) is 4.75. The fourth-order valence-corrected chi connectivity index (χ4v) is 2.10. The minimum atomic E-state index is 0.376. The van der Waals surface area contributed by atoms with E-state index in [-0.39, 0.29) is 0 Å². The molecule has 0 bridgehead atoms. The second-order valence-electron chi connectivity index (χ2n) is 4.19. The molecule has 0 aromatic rings. The standard InChI is InChI=1S/C11H21NO/c1-4-11(13)8-12-9(2)6-5-7-10(12)3/h9-10H,4-8H2,1-3H3/t9-,10+. The van der Waals surface area contributed by atoms with Crippen LogP contribution in [0, 0.1) is 0 Å². The molecular weight excluding hydrogens is 162 g/mol. The molecule has 1 saturated heterocycles. The zero-order valence-corrected chi connectivity index (χ0v) is 9.05. The summed E-state index contributed by atoms with van der Waals surface area (Å²) in [6.45, 7) is 7.08. The van der Waals surface area contributed by atoms with Crippen LogP contribution in [0.5, 0.6) is 0 Å². The number of likely N-dealkylation sites (tertiary alicyclic amines) is 1. The van der Waals surface area contributed by atoms with Crippen LogP contribution >= 0.6 is 0 Å². The van der Waals surface area contributed by atoms with E-state index in [1.54, 1.807) is 0 Å². The van der Waals surface area contributed by atoms with Crippen LogP contribution in [-0.4, -0.2) is 29.3 Å². The summed E-state index contributed by atoms with van der Waals surface area (Å²) >= 11 is 0. The quantitative estimate of drug-likeness (QED) is 0.668. The second-order valence-corrected chi connectivity index (χ2v) is 4.19. The van der Waals surface area contributed by atoms with E-state index in [0.29, 0.717) is 30.8 Å². The van der Waals surface area contributed by atoms with Gasteiger partial charge in [0.25, 0.3) is 0 Å². The highest BCUT2D eigenvalue weighted by molar-refractivity contribution is 5.80. The number of piperidine rings is 1. The summed E-state index contributed by atoms with van der Waals surface area (Å²) in [5.74, 6) is 0.376. The van der Waals surface area contributed by atoms with Crippen molar-refractivity contribution >= 4 is 5.78 Å². The maximum Gasteiger partial charge on any atom is 0.146 e. The molecule has 1 fully saturated rings. The third-order valence-electron chi connectivity index (χ3n) is 3.13. The number of carbonyl (C=O) groups excluding carboxylic acids is 1. The van der Waals surface area contributed by atoms with Crippen LogP contribution in [-0.2, 0) is 4.79 Å². The Bertz CT molecular complexity index is 169. The lowest BCUT2D eigenvalue weighted by Gasteiger charge is -2.38. The number of rotatable bonds is 3. The minimum absolute atomic E-state index is 0.376. The smallest absolute Gasteiger partial charge is 0.146 e. The third-order valence-corrected chi connectivity index (χ3v) is 3.13. The highest BCUT2D eigenvalue weighted by Gasteiger charge is 2.25. The topological polar surface area (TPSA) is 20.3 Å². The van der Waals surface area contributed by atoms with E-state index in [9.17, 15) is 4.79 Å². The zero-order valence-electron chi connectivity index (χ0n) is 9.05. The van der Waals surface area contributed by atoms with Gasteiger partial charge < -0.3 is 0 Å². The fourth-order valence-electron chi connectivity index (χ4n) is 2.10. The lowest BCUT2D eigenvalue weighted by molar-refractivity contribution is -0.121. The first-order valence-corrected chi connectivity index (χ1v) is 5.42. The average Bonchev–Trinajstić information content (AvgIpc) is 2.11. The van der Waals surface area contributed by atoms with Crippen molar-refractivity contribution in [2.75, 3.05) is 6.54 Å². The van der Waals surface area contributed by atoms with Gasteiger partial charge in [-0.05, 0) is 26.7 Å². The van der Waals surface area contributed by atoms with E-state index >= 15 is 0 Å². The first-order chi connectivity index (χ1) is 6.15. The molecule has 0 aromatic heterocycles. The van der Waals surface area contributed by atoms with Gasteiger partial charge in [0.1, 0.15) is 5.78 Å². The Morgan fingerprint density at radius 3 is 2.31 bits per heavy atom.